The van der Waals surface area contributed by atoms with E-state index in [2.05, 4.69) is 4.98 Å². The van der Waals surface area contributed by atoms with Crippen molar-refractivity contribution in [1.29, 1.82) is 0 Å². The van der Waals surface area contributed by atoms with E-state index in [-0.39, 0.29) is 27.7 Å². The van der Waals surface area contributed by atoms with Gasteiger partial charge in [0, 0.05) is 6.61 Å². The predicted molar refractivity (Wildman–Crippen MR) is 92.4 cm³/mol. The van der Waals surface area contributed by atoms with Crippen molar-refractivity contribution in [2.75, 3.05) is 33.0 Å². The van der Waals surface area contributed by atoms with Crippen molar-refractivity contribution in [1.82, 2.24) is 4.98 Å². The van der Waals surface area contributed by atoms with Crippen LogP contribution in [0.2, 0.25) is 15.2 Å². The van der Waals surface area contributed by atoms with Gasteiger partial charge in [-0.05, 0) is 12.5 Å². The molecule has 10 heteroatoms. The summed E-state index contributed by atoms with van der Waals surface area (Å²) in [5.41, 5.74) is 0. The number of rotatable bonds is 11. The van der Waals surface area contributed by atoms with Gasteiger partial charge >= 0.3 is 11.9 Å². The molecule has 0 amide bonds. The summed E-state index contributed by atoms with van der Waals surface area (Å²) in [6.07, 6.45) is 1.98. The monoisotopic (exact) mass is 413 g/mol. The van der Waals surface area contributed by atoms with Crippen LogP contribution >= 0.6 is 34.8 Å². The Labute approximate surface area is 160 Å². The molecule has 0 fully saturated rings. The van der Waals surface area contributed by atoms with E-state index >= 15 is 0 Å². The van der Waals surface area contributed by atoms with E-state index in [1.54, 1.807) is 0 Å². The zero-order valence-corrected chi connectivity index (χ0v) is 15.8. The van der Waals surface area contributed by atoms with E-state index in [4.69, 9.17) is 53.8 Å². The Kier molecular flexibility index (Phi) is 10.6. The van der Waals surface area contributed by atoms with Gasteiger partial charge in [0.05, 0.1) is 11.6 Å². The van der Waals surface area contributed by atoms with Crippen LogP contribution < -0.4 is 4.74 Å². The van der Waals surface area contributed by atoms with Gasteiger partial charge in [-0.25, -0.2) is 9.59 Å². The number of esters is 2. The van der Waals surface area contributed by atoms with Crippen LogP contribution in [0.5, 0.6) is 5.88 Å². The molecule has 1 heterocycles. The molecule has 25 heavy (non-hydrogen) atoms. The molecule has 0 radical (unpaired) electrons. The van der Waals surface area contributed by atoms with Crippen molar-refractivity contribution in [3.8, 4) is 5.88 Å². The normalized spacial score (nSPS) is 10.4. The average Bonchev–Trinajstić information content (AvgIpc) is 2.58. The molecule has 1 aromatic heterocycles. The van der Waals surface area contributed by atoms with Gasteiger partial charge in [-0.3, -0.25) is 0 Å². The van der Waals surface area contributed by atoms with E-state index in [1.807, 2.05) is 6.92 Å². The van der Waals surface area contributed by atoms with Crippen molar-refractivity contribution >= 4 is 46.7 Å². The Morgan fingerprint density at radius 3 is 2.44 bits per heavy atom. The third-order valence-electron chi connectivity index (χ3n) is 2.67. The van der Waals surface area contributed by atoms with Crippen LogP contribution in [-0.2, 0) is 23.8 Å². The third-order valence-corrected chi connectivity index (χ3v) is 3.61. The van der Waals surface area contributed by atoms with Crippen LogP contribution in [0.25, 0.3) is 0 Å². The van der Waals surface area contributed by atoms with Gasteiger partial charge in [-0.15, -0.1) is 0 Å². The van der Waals surface area contributed by atoms with Gasteiger partial charge in [0.15, 0.2) is 18.4 Å². The summed E-state index contributed by atoms with van der Waals surface area (Å²) in [6, 6.07) is 1.33. The largest absolute Gasteiger partial charge is 0.465 e. The summed E-state index contributed by atoms with van der Waals surface area (Å²) in [4.78, 5) is 26.7. The second-order valence-electron chi connectivity index (χ2n) is 4.68. The smallest absolute Gasteiger partial charge is 0.344 e. The fraction of sp³-hybridized carbons (Fsp3) is 0.533. The maximum atomic E-state index is 11.5. The minimum absolute atomic E-state index is 0.0147. The lowest BCUT2D eigenvalue weighted by atomic mass is 10.4. The zero-order valence-electron chi connectivity index (χ0n) is 13.6. The molecule has 0 N–H and O–H groups in total. The first-order valence-corrected chi connectivity index (χ1v) is 8.60. The molecular weight excluding hydrogens is 397 g/mol. The molecule has 0 bridgehead atoms. The van der Waals surface area contributed by atoms with Crippen molar-refractivity contribution in [3.63, 3.8) is 0 Å². The average molecular weight is 415 g/mol. The number of halogens is 3. The Bertz CT molecular complexity index is 585. The van der Waals surface area contributed by atoms with Crippen LogP contribution in [0.3, 0.4) is 0 Å². The molecule has 0 saturated heterocycles. The van der Waals surface area contributed by atoms with Crippen molar-refractivity contribution < 1.29 is 28.5 Å². The van der Waals surface area contributed by atoms with Crippen molar-refractivity contribution in [2.24, 2.45) is 0 Å². The zero-order chi connectivity index (χ0) is 18.7. The number of carbonyl (C=O) groups excluding carboxylic acids is 2. The van der Waals surface area contributed by atoms with Crippen LogP contribution in [0.4, 0.5) is 0 Å². The number of nitrogens with zero attached hydrogens (tertiary/aromatic N) is 1. The maximum absolute atomic E-state index is 11.5. The highest BCUT2D eigenvalue weighted by molar-refractivity contribution is 6.42. The van der Waals surface area contributed by atoms with E-state index in [9.17, 15) is 9.59 Å². The number of aromatic nitrogens is 1. The molecule has 140 valence electrons. The fourth-order valence-corrected chi connectivity index (χ4v) is 1.99. The van der Waals surface area contributed by atoms with E-state index in [1.165, 1.54) is 6.07 Å². The lowest BCUT2D eigenvalue weighted by Crippen LogP contribution is -2.22. The van der Waals surface area contributed by atoms with Gasteiger partial charge in [0.25, 0.3) is 0 Å². The second kappa shape index (κ2) is 12.1. The standard InChI is InChI=1S/C15H18Cl3NO6/c1-2-3-4-22-5-6-23-12(20)8-24-13(21)9-25-15-11(17)7-10(16)14(18)19-15/h7H,2-6,8-9H2,1H3. The van der Waals surface area contributed by atoms with Crippen LogP contribution in [0.15, 0.2) is 6.07 Å². The first-order chi connectivity index (χ1) is 11.9. The second-order valence-corrected chi connectivity index (χ2v) is 5.86. The Morgan fingerprint density at radius 1 is 1.00 bits per heavy atom. The molecule has 0 aliphatic heterocycles. The molecule has 7 nitrogen and oxygen atoms in total. The molecule has 0 aliphatic carbocycles. The van der Waals surface area contributed by atoms with Gasteiger partial charge in [0.2, 0.25) is 5.88 Å². The highest BCUT2D eigenvalue weighted by atomic mass is 35.5. The summed E-state index contributed by atoms with van der Waals surface area (Å²) in [5.74, 6) is -1.54. The summed E-state index contributed by atoms with van der Waals surface area (Å²) in [5, 5.41) is 0.229. The molecule has 1 aromatic rings. The van der Waals surface area contributed by atoms with Gasteiger partial charge in [-0.2, -0.15) is 4.98 Å². The maximum Gasteiger partial charge on any atom is 0.344 e. The van der Waals surface area contributed by atoms with E-state index in [0.29, 0.717) is 13.2 Å². The molecule has 0 aromatic carbocycles. The lowest BCUT2D eigenvalue weighted by molar-refractivity contribution is -0.160. The summed E-state index contributed by atoms with van der Waals surface area (Å²) < 4.78 is 19.8. The summed E-state index contributed by atoms with van der Waals surface area (Å²) in [6.45, 7) is 2.03. The number of hydrogen-bond acceptors (Lipinski definition) is 7. The number of ether oxygens (including phenoxy) is 4. The number of pyridine rings is 1. The molecule has 0 atom stereocenters. The van der Waals surface area contributed by atoms with Gasteiger partial charge in [0.1, 0.15) is 11.6 Å². The number of unbranched alkanes of at least 4 members (excludes halogenated alkanes) is 1. The van der Waals surface area contributed by atoms with Crippen LogP contribution in [0, 0.1) is 0 Å². The molecule has 0 spiro atoms. The Hall–Kier alpha value is -1.28. The third kappa shape index (κ3) is 9.11. The highest BCUT2D eigenvalue weighted by Gasteiger charge is 2.13. The van der Waals surface area contributed by atoms with Crippen LogP contribution in [-0.4, -0.2) is 50.0 Å². The van der Waals surface area contributed by atoms with Crippen LogP contribution in [0.1, 0.15) is 19.8 Å². The van der Waals surface area contributed by atoms with Gasteiger partial charge < -0.3 is 18.9 Å². The Morgan fingerprint density at radius 2 is 1.72 bits per heavy atom. The van der Waals surface area contributed by atoms with E-state index < -0.39 is 25.2 Å². The summed E-state index contributed by atoms with van der Waals surface area (Å²) in [7, 11) is 0. The quantitative estimate of drug-likeness (QED) is 0.312. The predicted octanol–water partition coefficient (Wildman–Crippen LogP) is 3.32. The molecule has 0 unspecified atom stereocenters. The topological polar surface area (TPSA) is 84.0 Å². The number of carbonyl (C=O) groups is 2. The molecule has 0 saturated carbocycles. The minimum Gasteiger partial charge on any atom is -0.465 e. The molecule has 1 rings (SSSR count). The first kappa shape index (κ1) is 21.8. The molecule has 0 aliphatic rings. The Balaban J connectivity index is 2.20. The summed E-state index contributed by atoms with van der Waals surface area (Å²) >= 11 is 17.3. The van der Waals surface area contributed by atoms with Crippen molar-refractivity contribution in [3.05, 3.63) is 21.3 Å². The highest BCUT2D eigenvalue weighted by Crippen LogP contribution is 2.30. The van der Waals surface area contributed by atoms with Crippen molar-refractivity contribution in [2.45, 2.75) is 19.8 Å². The molecular formula is C15H18Cl3NO6. The van der Waals surface area contributed by atoms with Gasteiger partial charge in [-0.1, -0.05) is 48.1 Å². The first-order valence-electron chi connectivity index (χ1n) is 7.47. The SMILES string of the molecule is CCCCOCCOC(=O)COC(=O)COc1nc(Cl)c(Cl)cc1Cl. The number of hydrogen-bond donors (Lipinski definition) is 0. The van der Waals surface area contributed by atoms with E-state index in [0.717, 1.165) is 12.8 Å². The lowest BCUT2D eigenvalue weighted by Gasteiger charge is -2.09. The minimum atomic E-state index is -0.792. The fourth-order valence-electron chi connectivity index (χ4n) is 1.44.